The molecule has 13 heteroatoms. The van der Waals surface area contributed by atoms with Gasteiger partial charge in [-0.3, -0.25) is 14.4 Å². The van der Waals surface area contributed by atoms with Gasteiger partial charge in [0.25, 0.3) is 5.91 Å². The van der Waals surface area contributed by atoms with Crippen LogP contribution in [0.15, 0.2) is 24.9 Å². The van der Waals surface area contributed by atoms with Gasteiger partial charge in [0, 0.05) is 19.2 Å². The monoisotopic (exact) mass is 496 g/mol. The van der Waals surface area contributed by atoms with Crippen molar-refractivity contribution in [2.24, 2.45) is 5.92 Å². The Morgan fingerprint density at radius 2 is 2.09 bits per heavy atom. The minimum atomic E-state index is -1.42. The molecule has 1 aromatic rings. The number of esters is 3. The van der Waals surface area contributed by atoms with Gasteiger partial charge in [0.1, 0.15) is 24.7 Å². The molecule has 1 aromatic heterocycles. The molecule has 2 rings (SSSR count). The molecule has 0 aliphatic carbocycles. The maximum atomic E-state index is 13.0. The molecule has 1 saturated heterocycles. The zero-order valence-corrected chi connectivity index (χ0v) is 19.6. The van der Waals surface area contributed by atoms with Gasteiger partial charge >= 0.3 is 17.9 Å². The van der Waals surface area contributed by atoms with Gasteiger partial charge in [-0.1, -0.05) is 6.08 Å². The van der Waals surface area contributed by atoms with Crippen molar-refractivity contribution in [3.63, 3.8) is 0 Å². The Morgan fingerprint density at radius 3 is 2.71 bits per heavy atom. The van der Waals surface area contributed by atoms with Crippen molar-refractivity contribution in [3.8, 4) is 11.5 Å². The number of carbonyl (C=O) groups is 4. The van der Waals surface area contributed by atoms with Crippen LogP contribution in [0.4, 0.5) is 0 Å². The van der Waals surface area contributed by atoms with Gasteiger partial charge in [-0.2, -0.15) is 0 Å². The maximum absolute atomic E-state index is 13.0. The summed E-state index contributed by atoms with van der Waals surface area (Å²) in [5.41, 5.74) is -0.288. The molecule has 0 spiro atoms. The highest BCUT2D eigenvalue weighted by Gasteiger charge is 2.40. The molecule has 0 saturated carbocycles. The number of carbonyl (C=O) groups excluding carboxylic acids is 4. The van der Waals surface area contributed by atoms with Crippen LogP contribution < -0.4 is 14.8 Å². The molecule has 1 aliphatic rings. The lowest BCUT2D eigenvalue weighted by Gasteiger charge is -2.27. The number of nitrogens with one attached hydrogen (secondary N) is 1. The standard InChI is InChI=1S/C22H28N2O11/c1-5-8-31-18-12(2)35-22(29)15(10-32-21(28)14(18)9-25)24-20(27)17-19(34-11-33-13(3)26)16(30-4)6-7-23-17/h5-7,12,14-15,18,25H,1,8-11H2,2-4H3,(H,24,27)/t12-,14?,15-,18-/m0/s1. The van der Waals surface area contributed by atoms with E-state index in [4.69, 9.17) is 28.4 Å². The predicted octanol–water partition coefficient (Wildman–Crippen LogP) is -0.244. The number of amides is 1. The molecule has 2 heterocycles. The first kappa shape index (κ1) is 27.5. The SMILES string of the molecule is C=CCO[C@@H]1C(CO)C(=O)OC[C@H](NC(=O)c2nccc(OC)c2OCOC(C)=O)C(=O)O[C@H]1C. The fourth-order valence-electron chi connectivity index (χ4n) is 3.13. The van der Waals surface area contributed by atoms with Crippen LogP contribution in [-0.4, -0.2) is 85.9 Å². The topological polar surface area (TPSA) is 169 Å². The Bertz CT molecular complexity index is 936. The summed E-state index contributed by atoms with van der Waals surface area (Å²) in [6, 6.07) is -0.00330. The third-order valence-corrected chi connectivity index (χ3v) is 4.82. The van der Waals surface area contributed by atoms with Gasteiger partial charge in [0.2, 0.25) is 6.79 Å². The van der Waals surface area contributed by atoms with Crippen LogP contribution in [-0.2, 0) is 33.3 Å². The normalized spacial score (nSPS) is 22.4. The number of nitrogens with zero attached hydrogens (tertiary/aromatic N) is 1. The van der Waals surface area contributed by atoms with Crippen LogP contribution in [0.3, 0.4) is 0 Å². The second-order valence-electron chi connectivity index (χ2n) is 7.26. The first-order chi connectivity index (χ1) is 16.7. The van der Waals surface area contributed by atoms with Gasteiger partial charge in [-0.05, 0) is 6.92 Å². The van der Waals surface area contributed by atoms with Crippen molar-refractivity contribution in [3.05, 3.63) is 30.6 Å². The molecule has 1 aliphatic heterocycles. The Labute approximate surface area is 201 Å². The van der Waals surface area contributed by atoms with Crippen LogP contribution in [0.1, 0.15) is 24.3 Å². The fraction of sp³-hybridized carbons (Fsp3) is 0.500. The molecule has 0 bridgehead atoms. The molecule has 1 amide bonds. The molecule has 1 unspecified atom stereocenters. The van der Waals surface area contributed by atoms with Gasteiger partial charge < -0.3 is 38.8 Å². The Hall–Kier alpha value is -3.71. The minimum absolute atomic E-state index is 0.0358. The van der Waals surface area contributed by atoms with Crippen molar-refractivity contribution in [2.75, 3.05) is 33.7 Å². The first-order valence-corrected chi connectivity index (χ1v) is 10.5. The number of hydrogen-bond acceptors (Lipinski definition) is 12. The van der Waals surface area contributed by atoms with E-state index < -0.39 is 68.0 Å². The van der Waals surface area contributed by atoms with E-state index >= 15 is 0 Å². The molecule has 0 radical (unpaired) electrons. The smallest absolute Gasteiger partial charge is 0.332 e. The summed E-state index contributed by atoms with van der Waals surface area (Å²) < 4.78 is 31.3. The number of methoxy groups -OCH3 is 1. The zero-order valence-electron chi connectivity index (χ0n) is 19.6. The van der Waals surface area contributed by atoms with E-state index in [0.29, 0.717) is 0 Å². The molecule has 35 heavy (non-hydrogen) atoms. The number of aliphatic hydroxyl groups is 1. The number of ether oxygens (including phenoxy) is 6. The summed E-state index contributed by atoms with van der Waals surface area (Å²) in [6.45, 7) is 4.51. The quantitative estimate of drug-likeness (QED) is 0.189. The van der Waals surface area contributed by atoms with E-state index in [1.54, 1.807) is 0 Å². The number of pyridine rings is 1. The third kappa shape index (κ3) is 7.39. The highest BCUT2D eigenvalue weighted by atomic mass is 16.7. The van der Waals surface area contributed by atoms with Crippen molar-refractivity contribution in [2.45, 2.75) is 32.1 Å². The maximum Gasteiger partial charge on any atom is 0.332 e. The molecule has 2 N–H and O–H groups in total. The fourth-order valence-corrected chi connectivity index (χ4v) is 3.13. The summed E-state index contributed by atoms with van der Waals surface area (Å²) in [4.78, 5) is 53.3. The Balaban J connectivity index is 2.25. The number of cyclic esters (lactones) is 2. The molecule has 13 nitrogen and oxygen atoms in total. The zero-order chi connectivity index (χ0) is 26.0. The lowest BCUT2D eigenvalue weighted by atomic mass is 9.99. The van der Waals surface area contributed by atoms with E-state index in [9.17, 15) is 24.3 Å². The summed E-state index contributed by atoms with van der Waals surface area (Å²) in [5, 5.41) is 12.1. The minimum Gasteiger partial charge on any atom is -0.493 e. The van der Waals surface area contributed by atoms with E-state index in [2.05, 4.69) is 16.9 Å². The largest absolute Gasteiger partial charge is 0.493 e. The Morgan fingerprint density at radius 1 is 1.34 bits per heavy atom. The number of aliphatic hydroxyl groups excluding tert-OH is 1. The molecule has 192 valence electrons. The average Bonchev–Trinajstić information content (AvgIpc) is 2.86. The van der Waals surface area contributed by atoms with Gasteiger partial charge in [-0.25, -0.2) is 9.78 Å². The lowest BCUT2D eigenvalue weighted by Crippen LogP contribution is -2.46. The second-order valence-corrected chi connectivity index (χ2v) is 7.26. The number of hydrogen-bond donors (Lipinski definition) is 2. The van der Waals surface area contributed by atoms with Crippen LogP contribution in [0.5, 0.6) is 11.5 Å². The molecule has 4 atom stereocenters. The molecular weight excluding hydrogens is 468 g/mol. The summed E-state index contributed by atoms with van der Waals surface area (Å²) in [5.74, 6) is -4.40. The van der Waals surface area contributed by atoms with E-state index in [-0.39, 0.29) is 23.8 Å². The van der Waals surface area contributed by atoms with Gasteiger partial charge in [0.05, 0.1) is 20.3 Å². The molecule has 0 aromatic carbocycles. The van der Waals surface area contributed by atoms with Crippen LogP contribution in [0.25, 0.3) is 0 Å². The second kappa shape index (κ2) is 13.2. The highest BCUT2D eigenvalue weighted by molar-refractivity contribution is 5.98. The van der Waals surface area contributed by atoms with Gasteiger partial charge in [0.15, 0.2) is 23.2 Å². The van der Waals surface area contributed by atoms with Crippen molar-refractivity contribution >= 4 is 23.8 Å². The summed E-state index contributed by atoms with van der Waals surface area (Å²) in [6.07, 6.45) is 0.725. The average molecular weight is 496 g/mol. The summed E-state index contributed by atoms with van der Waals surface area (Å²) >= 11 is 0. The predicted molar refractivity (Wildman–Crippen MR) is 116 cm³/mol. The van der Waals surface area contributed by atoms with Crippen molar-refractivity contribution < 1.29 is 52.7 Å². The first-order valence-electron chi connectivity index (χ1n) is 10.5. The van der Waals surface area contributed by atoms with Crippen molar-refractivity contribution in [1.29, 1.82) is 0 Å². The molecule has 1 fully saturated rings. The molecular formula is C22H28N2O11. The van der Waals surface area contributed by atoms with Crippen molar-refractivity contribution in [1.82, 2.24) is 10.3 Å². The number of rotatable bonds is 10. The van der Waals surface area contributed by atoms with Crippen LogP contribution >= 0.6 is 0 Å². The van der Waals surface area contributed by atoms with Gasteiger partial charge in [-0.15, -0.1) is 6.58 Å². The van der Waals surface area contributed by atoms with E-state index in [1.807, 2.05) is 0 Å². The lowest BCUT2D eigenvalue weighted by molar-refractivity contribution is -0.165. The van der Waals surface area contributed by atoms with Crippen LogP contribution in [0.2, 0.25) is 0 Å². The third-order valence-electron chi connectivity index (χ3n) is 4.82. The van der Waals surface area contributed by atoms with E-state index in [0.717, 1.165) is 0 Å². The number of aromatic nitrogens is 1. The Kier molecular flexibility index (Phi) is 10.4. The summed E-state index contributed by atoms with van der Waals surface area (Å²) in [7, 11) is 1.33. The highest BCUT2D eigenvalue weighted by Crippen LogP contribution is 2.29. The van der Waals surface area contributed by atoms with E-state index in [1.165, 1.54) is 39.3 Å². The van der Waals surface area contributed by atoms with Crippen LogP contribution in [0, 0.1) is 5.92 Å².